The first kappa shape index (κ1) is 14.0. The highest BCUT2D eigenvalue weighted by molar-refractivity contribution is 5.52. The molecule has 2 aromatic rings. The van der Waals surface area contributed by atoms with Gasteiger partial charge in [0.15, 0.2) is 0 Å². The van der Waals surface area contributed by atoms with Gasteiger partial charge in [0.1, 0.15) is 11.8 Å². The van der Waals surface area contributed by atoms with Crippen LogP contribution in [-0.2, 0) is 0 Å². The third-order valence-electron chi connectivity index (χ3n) is 3.47. The largest absolute Gasteiger partial charge is 0.497 e. The molecule has 2 rings (SSSR count). The molecule has 20 heavy (non-hydrogen) atoms. The van der Waals surface area contributed by atoms with Crippen molar-refractivity contribution in [2.75, 3.05) is 12.4 Å². The third kappa shape index (κ3) is 2.92. The average Bonchev–Trinajstić information content (AvgIpc) is 2.48. The highest BCUT2D eigenvalue weighted by Crippen LogP contribution is 2.25. The number of anilines is 1. The van der Waals surface area contributed by atoms with E-state index in [2.05, 4.69) is 24.4 Å². The number of rotatable bonds is 4. The Morgan fingerprint density at radius 3 is 2.60 bits per heavy atom. The highest BCUT2D eigenvalue weighted by Gasteiger charge is 2.13. The summed E-state index contributed by atoms with van der Waals surface area (Å²) >= 11 is 0. The molecular formula is C17H18N2O. The van der Waals surface area contributed by atoms with Crippen molar-refractivity contribution >= 4 is 5.69 Å². The first-order valence-corrected chi connectivity index (χ1v) is 6.52. The van der Waals surface area contributed by atoms with Gasteiger partial charge in [0.05, 0.1) is 13.2 Å². The van der Waals surface area contributed by atoms with Crippen LogP contribution < -0.4 is 10.1 Å². The maximum Gasteiger partial charge on any atom is 0.140 e. The Morgan fingerprint density at radius 2 is 1.90 bits per heavy atom. The van der Waals surface area contributed by atoms with Gasteiger partial charge in [-0.3, -0.25) is 0 Å². The maximum atomic E-state index is 9.44. The van der Waals surface area contributed by atoms with Crippen LogP contribution in [0.3, 0.4) is 0 Å². The smallest absolute Gasteiger partial charge is 0.140 e. The van der Waals surface area contributed by atoms with Crippen molar-refractivity contribution in [1.29, 1.82) is 5.26 Å². The fraction of sp³-hybridized carbons (Fsp3) is 0.235. The quantitative estimate of drug-likeness (QED) is 0.910. The summed E-state index contributed by atoms with van der Waals surface area (Å²) in [5.41, 5.74) is 4.22. The molecule has 0 amide bonds. The van der Waals surface area contributed by atoms with Crippen LogP contribution in [0.25, 0.3) is 0 Å². The van der Waals surface area contributed by atoms with Gasteiger partial charge in [0.25, 0.3) is 0 Å². The Balaban J connectivity index is 2.29. The number of nitrogens with zero attached hydrogens (tertiary/aromatic N) is 1. The van der Waals surface area contributed by atoms with E-state index < -0.39 is 0 Å². The second-order valence-electron chi connectivity index (χ2n) is 4.73. The molecular weight excluding hydrogens is 248 g/mol. The van der Waals surface area contributed by atoms with Crippen molar-refractivity contribution in [3.63, 3.8) is 0 Å². The van der Waals surface area contributed by atoms with E-state index in [0.29, 0.717) is 0 Å². The van der Waals surface area contributed by atoms with E-state index in [0.717, 1.165) is 22.6 Å². The van der Waals surface area contributed by atoms with Gasteiger partial charge in [0, 0.05) is 11.8 Å². The summed E-state index contributed by atoms with van der Waals surface area (Å²) < 4.78 is 5.20. The highest BCUT2D eigenvalue weighted by atomic mass is 16.5. The summed E-state index contributed by atoms with van der Waals surface area (Å²) in [5.74, 6) is 0.771. The van der Waals surface area contributed by atoms with Gasteiger partial charge in [-0.15, -0.1) is 0 Å². The van der Waals surface area contributed by atoms with Gasteiger partial charge in [-0.25, -0.2) is 0 Å². The van der Waals surface area contributed by atoms with Gasteiger partial charge in [0.2, 0.25) is 0 Å². The van der Waals surface area contributed by atoms with E-state index in [1.165, 1.54) is 5.56 Å². The molecule has 2 aromatic carbocycles. The molecule has 0 aromatic heterocycles. The standard InChI is InChI=1S/C17H18N2O/c1-12-6-4-9-16(13(12)2)17(11-18)19-14-7-5-8-15(10-14)20-3/h4-10,17,19H,1-3H3. The van der Waals surface area contributed by atoms with E-state index in [1.54, 1.807) is 7.11 Å². The molecule has 1 unspecified atom stereocenters. The van der Waals surface area contributed by atoms with Gasteiger partial charge in [-0.2, -0.15) is 5.26 Å². The Kier molecular flexibility index (Phi) is 4.27. The second kappa shape index (κ2) is 6.12. The predicted octanol–water partition coefficient (Wildman–Crippen LogP) is 3.99. The molecule has 1 N–H and O–H groups in total. The fourth-order valence-electron chi connectivity index (χ4n) is 2.15. The van der Waals surface area contributed by atoms with E-state index in [4.69, 9.17) is 4.74 Å². The molecule has 0 saturated carbocycles. The summed E-state index contributed by atoms with van der Waals surface area (Å²) in [4.78, 5) is 0. The molecule has 3 nitrogen and oxygen atoms in total. The summed E-state index contributed by atoms with van der Waals surface area (Å²) in [7, 11) is 1.63. The van der Waals surface area contributed by atoms with Crippen molar-refractivity contribution in [2.24, 2.45) is 0 Å². The van der Waals surface area contributed by atoms with Crippen LogP contribution in [0.15, 0.2) is 42.5 Å². The molecule has 0 saturated heterocycles. The van der Waals surface area contributed by atoms with E-state index in [9.17, 15) is 5.26 Å². The minimum atomic E-state index is -0.373. The van der Waals surface area contributed by atoms with Crippen molar-refractivity contribution in [1.82, 2.24) is 0 Å². The minimum absolute atomic E-state index is 0.373. The first-order valence-electron chi connectivity index (χ1n) is 6.52. The summed E-state index contributed by atoms with van der Waals surface area (Å²) in [6.07, 6.45) is 0. The van der Waals surface area contributed by atoms with Gasteiger partial charge in [-0.05, 0) is 42.7 Å². The van der Waals surface area contributed by atoms with Crippen molar-refractivity contribution < 1.29 is 4.74 Å². The normalized spacial score (nSPS) is 11.5. The molecule has 0 radical (unpaired) electrons. The molecule has 102 valence electrons. The molecule has 0 bridgehead atoms. The van der Waals surface area contributed by atoms with Gasteiger partial charge < -0.3 is 10.1 Å². The zero-order valence-corrected chi connectivity index (χ0v) is 12.0. The van der Waals surface area contributed by atoms with Crippen LogP contribution >= 0.6 is 0 Å². The second-order valence-corrected chi connectivity index (χ2v) is 4.73. The monoisotopic (exact) mass is 266 g/mol. The molecule has 0 aliphatic carbocycles. The lowest BCUT2D eigenvalue weighted by Crippen LogP contribution is -2.10. The lowest BCUT2D eigenvalue weighted by Gasteiger charge is -2.17. The van der Waals surface area contributed by atoms with Crippen molar-refractivity contribution in [3.05, 3.63) is 59.2 Å². The molecule has 0 heterocycles. The van der Waals surface area contributed by atoms with E-state index in [-0.39, 0.29) is 6.04 Å². The molecule has 0 aliphatic heterocycles. The summed E-state index contributed by atoms with van der Waals surface area (Å²) in [6, 6.07) is 15.6. The zero-order valence-electron chi connectivity index (χ0n) is 12.0. The number of ether oxygens (including phenoxy) is 1. The number of benzene rings is 2. The molecule has 3 heteroatoms. The van der Waals surface area contributed by atoms with Gasteiger partial charge >= 0.3 is 0 Å². The van der Waals surface area contributed by atoms with Crippen LogP contribution in [0, 0.1) is 25.2 Å². The Labute approximate surface area is 119 Å². The van der Waals surface area contributed by atoms with Crippen LogP contribution in [0.5, 0.6) is 5.75 Å². The lowest BCUT2D eigenvalue weighted by molar-refractivity contribution is 0.415. The van der Waals surface area contributed by atoms with Crippen molar-refractivity contribution in [3.8, 4) is 11.8 Å². The molecule has 0 spiro atoms. The van der Waals surface area contributed by atoms with Crippen LogP contribution in [0.4, 0.5) is 5.69 Å². The molecule has 0 fully saturated rings. The van der Waals surface area contributed by atoms with Gasteiger partial charge in [-0.1, -0.05) is 24.3 Å². The Bertz CT molecular complexity index is 644. The molecule has 1 atom stereocenters. The predicted molar refractivity (Wildman–Crippen MR) is 80.9 cm³/mol. The lowest BCUT2D eigenvalue weighted by atomic mass is 9.98. The van der Waals surface area contributed by atoms with Crippen LogP contribution in [0.2, 0.25) is 0 Å². The maximum absolute atomic E-state index is 9.44. The average molecular weight is 266 g/mol. The summed E-state index contributed by atoms with van der Waals surface area (Å²) in [5, 5.41) is 12.7. The topological polar surface area (TPSA) is 45.0 Å². The van der Waals surface area contributed by atoms with Crippen LogP contribution in [0.1, 0.15) is 22.7 Å². The van der Waals surface area contributed by atoms with E-state index in [1.807, 2.05) is 43.3 Å². The number of methoxy groups -OCH3 is 1. The Hall–Kier alpha value is -2.47. The number of hydrogen-bond donors (Lipinski definition) is 1. The first-order chi connectivity index (χ1) is 9.65. The number of nitrogens with one attached hydrogen (secondary N) is 1. The van der Waals surface area contributed by atoms with E-state index >= 15 is 0 Å². The Morgan fingerprint density at radius 1 is 1.15 bits per heavy atom. The third-order valence-corrected chi connectivity index (χ3v) is 3.47. The minimum Gasteiger partial charge on any atom is -0.497 e. The number of nitriles is 1. The van der Waals surface area contributed by atoms with Crippen LogP contribution in [-0.4, -0.2) is 7.11 Å². The number of aryl methyl sites for hydroxylation is 1. The zero-order chi connectivity index (χ0) is 14.5. The summed E-state index contributed by atoms with van der Waals surface area (Å²) in [6.45, 7) is 4.10. The number of hydrogen-bond acceptors (Lipinski definition) is 3. The SMILES string of the molecule is COc1cccc(NC(C#N)c2cccc(C)c2C)c1. The van der Waals surface area contributed by atoms with Crippen molar-refractivity contribution in [2.45, 2.75) is 19.9 Å². The molecule has 0 aliphatic rings. The fourth-order valence-corrected chi connectivity index (χ4v) is 2.15.